The summed E-state index contributed by atoms with van der Waals surface area (Å²) < 4.78 is 0. The van der Waals surface area contributed by atoms with Crippen LogP contribution in [0.1, 0.15) is 47.0 Å². The Labute approximate surface area is 139 Å². The van der Waals surface area contributed by atoms with Gasteiger partial charge in [0, 0.05) is 27.0 Å². The Morgan fingerprint density at radius 1 is 1.00 bits per heavy atom. The number of hydrogen-bond acceptors (Lipinski definition) is 2. The Kier molecular flexibility index (Phi) is 4.43. The number of hydrogen-bond donors (Lipinski definition) is 1. The van der Waals surface area contributed by atoms with Gasteiger partial charge < -0.3 is 5.32 Å². The molecule has 1 N–H and O–H groups in total. The molecule has 0 bridgehead atoms. The molecule has 22 heavy (non-hydrogen) atoms. The molecule has 2 aliphatic carbocycles. The van der Waals surface area contributed by atoms with Crippen molar-refractivity contribution in [3.63, 3.8) is 0 Å². The maximum absolute atomic E-state index is 3.97. The van der Waals surface area contributed by atoms with Crippen molar-refractivity contribution in [1.29, 1.82) is 0 Å². The first-order valence-corrected chi connectivity index (χ1v) is 10.2. The summed E-state index contributed by atoms with van der Waals surface area (Å²) in [5.74, 6) is 2.24. The van der Waals surface area contributed by atoms with E-state index in [0.717, 1.165) is 23.8 Å². The number of nitrogens with one attached hydrogen (secondary N) is 1. The highest BCUT2D eigenvalue weighted by atomic mass is 28.1. The molecule has 5 atom stereocenters. The van der Waals surface area contributed by atoms with Crippen molar-refractivity contribution in [3.05, 3.63) is 24.3 Å². The molecule has 1 heterocycles. The fourth-order valence-corrected chi connectivity index (χ4v) is 6.67. The van der Waals surface area contributed by atoms with Crippen LogP contribution in [-0.2, 0) is 0 Å². The van der Waals surface area contributed by atoms with Crippen LogP contribution in [0.4, 0.5) is 0 Å². The molecule has 3 heteroatoms. The highest BCUT2D eigenvalue weighted by molar-refractivity contribution is 6.15. The Bertz CT molecular complexity index is 455. The van der Waals surface area contributed by atoms with Crippen LogP contribution in [0.15, 0.2) is 24.3 Å². The van der Waals surface area contributed by atoms with E-state index < -0.39 is 0 Å². The topological polar surface area (TPSA) is 15.3 Å². The monoisotopic (exact) mass is 318 g/mol. The van der Waals surface area contributed by atoms with E-state index in [1.165, 1.54) is 42.6 Å². The molecule has 0 radical (unpaired) electrons. The van der Waals surface area contributed by atoms with Gasteiger partial charge in [-0.2, -0.15) is 0 Å². The lowest BCUT2D eigenvalue weighted by Crippen LogP contribution is -2.57. The van der Waals surface area contributed by atoms with Crippen LogP contribution < -0.4 is 5.32 Å². The van der Waals surface area contributed by atoms with Crippen molar-refractivity contribution in [3.8, 4) is 0 Å². The molecule has 2 fully saturated rings. The molecule has 3 rings (SSSR count). The summed E-state index contributed by atoms with van der Waals surface area (Å²) >= 11 is 0. The van der Waals surface area contributed by atoms with Crippen LogP contribution in [0.3, 0.4) is 0 Å². The number of allylic oxidation sites excluding steroid dienone is 3. The SMILES string of the molecule is CC(C)(C)NC(C)([SiH3])C1CC(N2CCCC2)C2C=CC=CC21. The molecule has 0 aromatic carbocycles. The van der Waals surface area contributed by atoms with Crippen molar-refractivity contribution in [2.75, 3.05) is 13.1 Å². The molecule has 1 aliphatic heterocycles. The first-order valence-electron chi connectivity index (χ1n) is 9.16. The minimum Gasteiger partial charge on any atom is -0.310 e. The lowest BCUT2D eigenvalue weighted by Gasteiger charge is -2.42. The quantitative estimate of drug-likeness (QED) is 0.803. The van der Waals surface area contributed by atoms with Gasteiger partial charge >= 0.3 is 0 Å². The molecule has 3 aliphatic rings. The van der Waals surface area contributed by atoms with Gasteiger partial charge in [-0.05, 0) is 70.9 Å². The molecular weight excluding hydrogens is 284 g/mol. The maximum atomic E-state index is 3.97. The number of rotatable bonds is 3. The molecule has 0 aromatic rings. The first-order chi connectivity index (χ1) is 10.3. The van der Waals surface area contributed by atoms with Crippen LogP contribution in [0.2, 0.25) is 0 Å². The van der Waals surface area contributed by atoms with Gasteiger partial charge in [0.2, 0.25) is 0 Å². The van der Waals surface area contributed by atoms with Crippen molar-refractivity contribution >= 4 is 10.2 Å². The van der Waals surface area contributed by atoms with E-state index >= 15 is 0 Å². The summed E-state index contributed by atoms with van der Waals surface area (Å²) in [4.78, 5) is 2.79. The molecule has 0 amide bonds. The number of nitrogens with zero attached hydrogens (tertiary/aromatic N) is 1. The van der Waals surface area contributed by atoms with Gasteiger partial charge in [0.1, 0.15) is 0 Å². The first kappa shape index (κ1) is 16.5. The maximum Gasteiger partial charge on any atom is 0.0281 e. The second kappa shape index (κ2) is 5.92. The molecule has 124 valence electrons. The van der Waals surface area contributed by atoms with E-state index in [1.54, 1.807) is 0 Å². The second-order valence-corrected chi connectivity index (χ2v) is 11.3. The Morgan fingerprint density at radius 2 is 1.59 bits per heavy atom. The van der Waals surface area contributed by atoms with Gasteiger partial charge in [0.25, 0.3) is 0 Å². The van der Waals surface area contributed by atoms with E-state index in [2.05, 4.69) is 62.2 Å². The van der Waals surface area contributed by atoms with Crippen molar-refractivity contribution < 1.29 is 0 Å². The molecular formula is C19H34N2Si. The van der Waals surface area contributed by atoms with E-state index in [4.69, 9.17) is 0 Å². The summed E-state index contributed by atoms with van der Waals surface area (Å²) in [6.45, 7) is 12.1. The lowest BCUT2D eigenvalue weighted by molar-refractivity contribution is 0.205. The molecule has 0 spiro atoms. The van der Waals surface area contributed by atoms with E-state index in [-0.39, 0.29) is 5.54 Å². The zero-order chi connectivity index (χ0) is 16.0. The third kappa shape index (κ3) is 3.27. The van der Waals surface area contributed by atoms with Crippen LogP contribution in [-0.4, -0.2) is 45.0 Å². The molecule has 1 saturated carbocycles. The third-order valence-corrected chi connectivity index (χ3v) is 6.85. The third-order valence-electron chi connectivity index (χ3n) is 5.86. The Morgan fingerprint density at radius 3 is 2.18 bits per heavy atom. The van der Waals surface area contributed by atoms with Crippen molar-refractivity contribution in [2.24, 2.45) is 17.8 Å². The fourth-order valence-electron chi connectivity index (χ4n) is 5.30. The molecule has 1 saturated heterocycles. The predicted octanol–water partition coefficient (Wildman–Crippen LogP) is 2.30. The van der Waals surface area contributed by atoms with Crippen LogP contribution in [0.5, 0.6) is 0 Å². The van der Waals surface area contributed by atoms with Crippen LogP contribution in [0.25, 0.3) is 0 Å². The Hall–Kier alpha value is -0.383. The second-order valence-electron chi connectivity index (χ2n) is 9.17. The fraction of sp³-hybridized carbons (Fsp3) is 0.789. The van der Waals surface area contributed by atoms with Crippen molar-refractivity contribution in [2.45, 2.75) is 63.7 Å². The highest BCUT2D eigenvalue weighted by Crippen LogP contribution is 2.47. The van der Waals surface area contributed by atoms with Crippen LogP contribution >= 0.6 is 0 Å². The summed E-state index contributed by atoms with van der Waals surface area (Å²) in [6, 6.07) is 0.772. The van der Waals surface area contributed by atoms with Crippen LogP contribution in [0, 0.1) is 17.8 Å². The molecule has 0 aromatic heterocycles. The summed E-state index contributed by atoms with van der Waals surface area (Å²) in [7, 11) is 1.20. The number of likely N-dealkylation sites (tertiary alicyclic amines) is 1. The van der Waals surface area contributed by atoms with Gasteiger partial charge in [-0.3, -0.25) is 4.90 Å². The zero-order valence-corrected chi connectivity index (χ0v) is 17.1. The summed E-state index contributed by atoms with van der Waals surface area (Å²) in [6.07, 6.45) is 13.7. The average Bonchev–Trinajstić information content (AvgIpc) is 3.02. The lowest BCUT2D eigenvalue weighted by atomic mass is 9.81. The minimum absolute atomic E-state index is 0.200. The van der Waals surface area contributed by atoms with Gasteiger partial charge in [0.05, 0.1) is 0 Å². The van der Waals surface area contributed by atoms with Crippen molar-refractivity contribution in [1.82, 2.24) is 10.2 Å². The van der Waals surface area contributed by atoms with Gasteiger partial charge in [-0.15, -0.1) is 0 Å². The smallest absolute Gasteiger partial charge is 0.0281 e. The van der Waals surface area contributed by atoms with Gasteiger partial charge in [-0.1, -0.05) is 31.2 Å². The average molecular weight is 319 g/mol. The zero-order valence-electron chi connectivity index (χ0n) is 15.1. The predicted molar refractivity (Wildman–Crippen MR) is 99.2 cm³/mol. The van der Waals surface area contributed by atoms with Gasteiger partial charge in [-0.25, -0.2) is 0 Å². The standard InChI is InChI=1S/C19H34N2Si/c1-18(2,3)20-19(4,22)16-13-17(21-11-7-8-12-21)15-10-6-5-9-14(15)16/h5-6,9-10,14-17,20H,7-8,11-13H2,1-4,22H3. The summed E-state index contributed by atoms with van der Waals surface area (Å²) in [5, 5.41) is 4.28. The van der Waals surface area contributed by atoms with E-state index in [1.807, 2.05) is 0 Å². The largest absolute Gasteiger partial charge is 0.310 e. The number of fused-ring (bicyclic) bond motifs is 1. The highest BCUT2D eigenvalue weighted by Gasteiger charge is 2.49. The van der Waals surface area contributed by atoms with E-state index in [9.17, 15) is 0 Å². The molecule has 5 unspecified atom stereocenters. The van der Waals surface area contributed by atoms with E-state index in [0.29, 0.717) is 5.16 Å². The summed E-state index contributed by atoms with van der Waals surface area (Å²) in [5.41, 5.74) is 0.200. The molecule has 2 nitrogen and oxygen atoms in total. The normalized spacial score (nSPS) is 38.4. The Balaban J connectivity index is 1.82. The minimum atomic E-state index is 0.200. The van der Waals surface area contributed by atoms with Gasteiger partial charge in [0.15, 0.2) is 0 Å².